The van der Waals surface area contributed by atoms with Crippen LogP contribution in [0.4, 0.5) is 0 Å². The molecule has 0 heterocycles. The van der Waals surface area contributed by atoms with Crippen LogP contribution < -0.4 is 5.30 Å². The zero-order valence-corrected chi connectivity index (χ0v) is 16.0. The van der Waals surface area contributed by atoms with E-state index in [1.54, 1.807) is 5.82 Å². The Balaban J connectivity index is -0.0000000500. The number of rotatable bonds is 2. The number of hydrogen-bond donors (Lipinski definition) is 0. The summed E-state index contributed by atoms with van der Waals surface area (Å²) in [4.78, 5) is 0. The molecule has 9 heteroatoms. The molecule has 0 aromatic heterocycles. The van der Waals surface area contributed by atoms with Crippen LogP contribution in [-0.4, -0.2) is 0 Å². The van der Waals surface area contributed by atoms with Gasteiger partial charge in [-0.1, -0.05) is 53.2 Å². The second kappa shape index (κ2) is 50.0. The number of hydrogen-bond acceptors (Lipinski definition) is 0. The smallest absolute Gasteiger partial charge is 0 e. The fourth-order valence-corrected chi connectivity index (χ4v) is 2.45. The minimum Gasteiger partial charge on any atom is 0 e. The molecule has 0 fully saturated rings. The molecule has 5 nitrogen and oxygen atoms in total. The first-order chi connectivity index (χ1) is 10.3. The summed E-state index contributed by atoms with van der Waals surface area (Å²) in [7, 11) is -0.716. The van der Waals surface area contributed by atoms with Crippen molar-refractivity contribution in [3.05, 3.63) is 74.9 Å². The van der Waals surface area contributed by atoms with Crippen LogP contribution in [0.5, 0.6) is 0 Å². The van der Waals surface area contributed by atoms with Gasteiger partial charge in [0.2, 0.25) is 0 Å². The molecule has 0 aliphatic heterocycles. The largest absolute Gasteiger partial charge is 0 e. The third kappa shape index (κ3) is 31.6. The fourth-order valence-electron chi connectivity index (χ4n) is 0.706. The summed E-state index contributed by atoms with van der Waals surface area (Å²) < 4.78 is 37.5. The molecule has 0 bridgehead atoms. The van der Waals surface area contributed by atoms with E-state index in [4.69, 9.17) is 46.1 Å². The van der Waals surface area contributed by atoms with Crippen LogP contribution in [-0.2, 0) is 44.3 Å². The van der Waals surface area contributed by atoms with Gasteiger partial charge < -0.3 is 0 Å². The van der Waals surface area contributed by atoms with Crippen molar-refractivity contribution in [3.63, 3.8) is 0 Å². The van der Waals surface area contributed by atoms with Crippen LogP contribution in [0.1, 0.15) is 0 Å². The maximum Gasteiger partial charge on any atom is 0 e. The van der Waals surface area contributed by atoms with Gasteiger partial charge in [0, 0.05) is 33.9 Å². The minimum absolute atomic E-state index is 0. The Morgan fingerprint density at radius 1 is 0.773 bits per heavy atom. The van der Waals surface area contributed by atoms with Crippen molar-refractivity contribution < 1.29 is 44.3 Å². The molecule has 0 spiro atoms. The van der Waals surface area contributed by atoms with Gasteiger partial charge in [-0.25, -0.2) is 0 Å². The van der Waals surface area contributed by atoms with Crippen molar-refractivity contribution in [2.75, 3.05) is 0 Å². The first-order valence-electron chi connectivity index (χ1n) is 4.13. The van der Waals surface area contributed by atoms with Gasteiger partial charge in [-0.3, -0.25) is 0 Å². The van der Waals surface area contributed by atoms with Crippen molar-refractivity contribution in [2.45, 2.75) is 0 Å². The summed E-state index contributed by atoms with van der Waals surface area (Å²) in [5.41, 5.74) is 1.46. The van der Waals surface area contributed by atoms with E-state index in [1.807, 2.05) is 30.3 Å². The summed E-state index contributed by atoms with van der Waals surface area (Å²) in [5, 5.41) is 1.13. The average molecular weight is 529 g/mol. The Kier molecular flexibility index (Phi) is 85.2. The van der Waals surface area contributed by atoms with Crippen LogP contribution in [0.15, 0.2) is 41.7 Å². The minimum atomic E-state index is -0.716. The zero-order chi connectivity index (χ0) is 18.1. The molecule has 0 aliphatic rings. The average Bonchev–Trinajstić information content (AvgIpc) is 2.64. The second-order valence-corrected chi connectivity index (χ2v) is 4.70. The summed E-state index contributed by atoms with van der Waals surface area (Å²) >= 11 is 11.4. The Labute approximate surface area is 154 Å². The van der Waals surface area contributed by atoms with Crippen molar-refractivity contribution in [1.29, 1.82) is 0 Å². The van der Waals surface area contributed by atoms with Crippen LogP contribution in [0, 0.1) is 33.3 Å². The molecule has 0 amide bonds. The van der Waals surface area contributed by atoms with E-state index in [-0.39, 0.29) is 21.1 Å². The fraction of sp³-hybridized carbons (Fsp3) is 0. The predicted molar refractivity (Wildman–Crippen MR) is 73.5 cm³/mol. The van der Waals surface area contributed by atoms with Gasteiger partial charge in [0.05, 0.1) is 0 Å². The van der Waals surface area contributed by atoms with Crippen molar-refractivity contribution >= 4 is 35.4 Å². The van der Waals surface area contributed by atoms with E-state index in [1.165, 1.54) is 5.54 Å². The quantitative estimate of drug-likeness (QED) is 0.319. The first-order valence-corrected chi connectivity index (χ1v) is 6.89. The van der Waals surface area contributed by atoms with E-state index in [2.05, 4.69) is 33.3 Å². The van der Waals surface area contributed by atoms with E-state index < -0.39 is 7.27 Å². The monoisotopic (exact) mass is 528 g/mol. The predicted octanol–water partition coefficient (Wildman–Crippen LogP) is 3.47. The molecule has 1 unspecified atom stereocenters. The maximum absolute atomic E-state index is 7.50. The molecule has 1 atom stereocenters. The standard InChI is InChI=1S/C8H7Cl2P.5CO.W/c9-6-7-11(10)8-4-2-1-3-5-8;5*1-2;/h1-7H;;;;;;/b7-6-;;;;;;. The van der Waals surface area contributed by atoms with E-state index in [9.17, 15) is 0 Å². The van der Waals surface area contributed by atoms with Gasteiger partial charge in [-0.05, 0) is 11.1 Å². The first kappa shape index (κ1) is 37.5. The van der Waals surface area contributed by atoms with Crippen LogP contribution >= 0.6 is 30.1 Å². The normalized spacial score (nSPS) is 7.27. The summed E-state index contributed by atoms with van der Waals surface area (Å²) in [6.07, 6.45) is 0. The summed E-state index contributed by atoms with van der Waals surface area (Å²) in [6.45, 7) is 22.5. The summed E-state index contributed by atoms with van der Waals surface area (Å²) in [5.74, 6) is 1.80. The Morgan fingerprint density at radius 2 is 1.09 bits per heavy atom. The van der Waals surface area contributed by atoms with Crippen molar-refractivity contribution in [3.8, 4) is 0 Å². The molecular formula is C13H7Cl2O5PW. The van der Waals surface area contributed by atoms with Crippen LogP contribution in [0.2, 0.25) is 0 Å². The van der Waals surface area contributed by atoms with E-state index >= 15 is 0 Å². The van der Waals surface area contributed by atoms with E-state index in [0.717, 1.165) is 5.30 Å². The maximum atomic E-state index is 7.50. The van der Waals surface area contributed by atoms with Crippen LogP contribution in [0.3, 0.4) is 0 Å². The molecule has 0 saturated carbocycles. The SMILES string of the molecule is Cl/C=C\P(Cl)c1ccccc1.[C-]#[O+].[C-]#[O+].[C-]#[O+].[C-]#[O+].[C-]#[O+].[W]. The Morgan fingerprint density at radius 3 is 1.36 bits per heavy atom. The molecule has 0 saturated heterocycles. The molecule has 1 aromatic carbocycles. The van der Waals surface area contributed by atoms with Crippen LogP contribution in [0.25, 0.3) is 0 Å². The van der Waals surface area contributed by atoms with Gasteiger partial charge in [0.15, 0.2) is 0 Å². The third-order valence-corrected chi connectivity index (χ3v) is 3.62. The number of halogens is 2. The van der Waals surface area contributed by atoms with Crippen molar-refractivity contribution in [2.24, 2.45) is 0 Å². The molecule has 0 aliphatic carbocycles. The van der Waals surface area contributed by atoms with Gasteiger partial charge in [-0.15, -0.1) is 0 Å². The Hall–Kier alpha value is -0.642. The topological polar surface area (TPSA) is 99.5 Å². The summed E-state index contributed by atoms with van der Waals surface area (Å²) in [6, 6.07) is 9.89. The Bertz CT molecular complexity index is 395. The molecule has 114 valence electrons. The van der Waals surface area contributed by atoms with Crippen molar-refractivity contribution in [1.82, 2.24) is 0 Å². The third-order valence-electron chi connectivity index (χ3n) is 1.19. The number of benzene rings is 1. The molecule has 0 N–H and O–H groups in total. The molecular weight excluding hydrogens is 522 g/mol. The van der Waals surface area contributed by atoms with Gasteiger partial charge >= 0.3 is 56.5 Å². The van der Waals surface area contributed by atoms with Gasteiger partial charge in [-0.2, -0.15) is 0 Å². The molecule has 0 radical (unpaired) electrons. The van der Waals surface area contributed by atoms with E-state index in [0.29, 0.717) is 0 Å². The molecule has 1 rings (SSSR count). The molecule has 22 heavy (non-hydrogen) atoms. The second-order valence-electron chi connectivity index (χ2n) is 1.92. The molecule has 1 aromatic rings. The van der Waals surface area contributed by atoms with Gasteiger partial charge in [0.25, 0.3) is 0 Å². The zero-order valence-electron chi connectivity index (χ0n) is 10.7. The van der Waals surface area contributed by atoms with Gasteiger partial charge in [0.1, 0.15) is 0 Å².